The molecular formula is C22H24F2N2O2. The highest BCUT2D eigenvalue weighted by Crippen LogP contribution is 2.39. The van der Waals surface area contributed by atoms with E-state index in [2.05, 4.69) is 10.3 Å². The van der Waals surface area contributed by atoms with Crippen molar-refractivity contribution in [2.75, 3.05) is 0 Å². The minimum Gasteiger partial charge on any atom is -0.353 e. The van der Waals surface area contributed by atoms with E-state index in [1.54, 1.807) is 19.1 Å². The van der Waals surface area contributed by atoms with Crippen molar-refractivity contribution in [3.05, 3.63) is 68.6 Å². The molecule has 28 heavy (non-hydrogen) atoms. The van der Waals surface area contributed by atoms with E-state index < -0.39 is 6.43 Å². The van der Waals surface area contributed by atoms with Crippen LogP contribution in [0.3, 0.4) is 0 Å². The number of pyridine rings is 1. The molecule has 1 saturated carbocycles. The summed E-state index contributed by atoms with van der Waals surface area (Å²) in [5.41, 5.74) is 2.94. The highest BCUT2D eigenvalue weighted by atomic mass is 19.3. The summed E-state index contributed by atoms with van der Waals surface area (Å²) < 4.78 is 26.3. The zero-order chi connectivity index (χ0) is 19.8. The third-order valence-corrected chi connectivity index (χ3v) is 5.89. The van der Waals surface area contributed by atoms with Gasteiger partial charge in [-0.25, -0.2) is 8.78 Å². The molecule has 2 N–H and O–H groups in total. The van der Waals surface area contributed by atoms with Crippen LogP contribution in [-0.4, -0.2) is 16.9 Å². The summed E-state index contributed by atoms with van der Waals surface area (Å²) >= 11 is 0. The van der Waals surface area contributed by atoms with Gasteiger partial charge in [0.1, 0.15) is 0 Å². The number of hydrogen-bond donors (Lipinski definition) is 2. The summed E-state index contributed by atoms with van der Waals surface area (Å²) in [7, 11) is 0. The molecule has 1 aliphatic carbocycles. The third-order valence-electron chi connectivity index (χ3n) is 5.89. The van der Waals surface area contributed by atoms with Gasteiger partial charge in [-0.3, -0.25) is 9.59 Å². The van der Waals surface area contributed by atoms with Gasteiger partial charge in [0.15, 0.2) is 0 Å². The molecule has 2 fully saturated rings. The lowest BCUT2D eigenvalue weighted by molar-refractivity contribution is -0.119. The number of benzene rings is 1. The van der Waals surface area contributed by atoms with Gasteiger partial charge < -0.3 is 10.3 Å². The van der Waals surface area contributed by atoms with E-state index in [0.717, 1.165) is 36.1 Å². The molecule has 2 atom stereocenters. The molecule has 2 aromatic rings. The summed E-state index contributed by atoms with van der Waals surface area (Å²) in [5, 5.41) is 2.97. The highest BCUT2D eigenvalue weighted by molar-refractivity contribution is 5.78. The maximum atomic E-state index is 13.1. The predicted octanol–water partition coefficient (Wildman–Crippen LogP) is 4.30. The van der Waals surface area contributed by atoms with Gasteiger partial charge in [-0.15, -0.1) is 0 Å². The molecule has 4 rings (SSSR count). The Morgan fingerprint density at radius 1 is 1.11 bits per heavy atom. The van der Waals surface area contributed by atoms with Gasteiger partial charge in [0.25, 0.3) is 12.0 Å². The Bertz CT molecular complexity index is 950. The Hall–Kier alpha value is -2.50. The topological polar surface area (TPSA) is 62.0 Å². The number of hydrogen-bond acceptors (Lipinski definition) is 2. The molecule has 148 valence electrons. The van der Waals surface area contributed by atoms with Crippen LogP contribution < -0.4 is 10.9 Å². The van der Waals surface area contributed by atoms with Gasteiger partial charge >= 0.3 is 0 Å². The zero-order valence-electron chi connectivity index (χ0n) is 15.8. The Morgan fingerprint density at radius 2 is 1.89 bits per heavy atom. The summed E-state index contributed by atoms with van der Waals surface area (Å²) in [5.74, 6) is 0.221. The number of rotatable bonds is 6. The number of aromatic nitrogens is 1. The number of alkyl halides is 2. The SMILES string of the molecule is Cc1cc(C(C[C@H]2CCC(=O)N2)c2ccc(C3CC3)c(=O)[nH]2)ccc1C(F)F. The Morgan fingerprint density at radius 3 is 2.46 bits per heavy atom. The molecule has 1 amide bonds. The molecule has 1 unspecified atom stereocenters. The summed E-state index contributed by atoms with van der Waals surface area (Å²) in [4.78, 5) is 27.2. The van der Waals surface area contributed by atoms with Crippen LogP contribution in [0.25, 0.3) is 0 Å². The fourth-order valence-corrected chi connectivity index (χ4v) is 4.16. The quantitative estimate of drug-likeness (QED) is 0.778. The maximum Gasteiger partial charge on any atom is 0.264 e. The van der Waals surface area contributed by atoms with Gasteiger partial charge in [-0.1, -0.05) is 24.3 Å². The fourth-order valence-electron chi connectivity index (χ4n) is 4.16. The van der Waals surface area contributed by atoms with Gasteiger partial charge in [-0.2, -0.15) is 0 Å². The number of amides is 1. The molecule has 1 aliphatic heterocycles. The molecule has 1 aromatic heterocycles. The van der Waals surface area contributed by atoms with Crippen LogP contribution in [-0.2, 0) is 4.79 Å². The molecule has 0 bridgehead atoms. The van der Waals surface area contributed by atoms with E-state index in [4.69, 9.17) is 0 Å². The van der Waals surface area contributed by atoms with E-state index in [1.165, 1.54) is 6.07 Å². The van der Waals surface area contributed by atoms with E-state index >= 15 is 0 Å². The van der Waals surface area contributed by atoms with Crippen molar-refractivity contribution < 1.29 is 13.6 Å². The minimum atomic E-state index is -2.51. The van der Waals surface area contributed by atoms with Crippen molar-refractivity contribution in [2.45, 2.75) is 63.3 Å². The van der Waals surface area contributed by atoms with E-state index in [9.17, 15) is 18.4 Å². The summed E-state index contributed by atoms with van der Waals surface area (Å²) in [6.07, 6.45) is 1.45. The first kappa shape index (κ1) is 18.8. The van der Waals surface area contributed by atoms with Gasteiger partial charge in [0.2, 0.25) is 5.91 Å². The first-order chi connectivity index (χ1) is 13.4. The normalized spacial score (nSPS) is 20.4. The number of halogens is 2. The van der Waals surface area contributed by atoms with Gasteiger partial charge in [-0.05, 0) is 55.7 Å². The van der Waals surface area contributed by atoms with Crippen LogP contribution in [0.2, 0.25) is 0 Å². The molecular weight excluding hydrogens is 362 g/mol. The number of carbonyl (C=O) groups is 1. The number of aromatic amines is 1. The van der Waals surface area contributed by atoms with Crippen molar-refractivity contribution in [1.29, 1.82) is 0 Å². The standard InChI is InChI=1S/C22H24F2N2O2/c1-12-10-14(4-6-16(12)21(23)24)18(11-15-5-9-20(27)25-15)19-8-7-17(13-2-3-13)22(28)26-19/h4,6-8,10,13,15,18,21H,2-3,5,9,11H2,1H3,(H,25,27)(H,26,28)/t15-,18?/m1/s1. The van der Waals surface area contributed by atoms with E-state index in [-0.39, 0.29) is 29.0 Å². The molecule has 1 saturated heterocycles. The second kappa shape index (κ2) is 7.49. The number of nitrogens with one attached hydrogen (secondary N) is 2. The van der Waals surface area contributed by atoms with Crippen LogP contribution in [0.5, 0.6) is 0 Å². The Balaban J connectivity index is 1.69. The van der Waals surface area contributed by atoms with Crippen LogP contribution in [0, 0.1) is 6.92 Å². The highest BCUT2D eigenvalue weighted by Gasteiger charge is 2.29. The number of carbonyl (C=O) groups excluding carboxylic acids is 1. The Labute approximate surface area is 162 Å². The maximum absolute atomic E-state index is 13.1. The van der Waals surface area contributed by atoms with Crippen molar-refractivity contribution in [1.82, 2.24) is 10.3 Å². The minimum absolute atomic E-state index is 0.0131. The number of H-pyrrole nitrogens is 1. The second-order valence-corrected chi connectivity index (χ2v) is 7.98. The molecule has 0 spiro atoms. The lowest BCUT2D eigenvalue weighted by Crippen LogP contribution is -2.28. The fraction of sp³-hybridized carbons (Fsp3) is 0.455. The average Bonchev–Trinajstić information content (AvgIpc) is 3.40. The number of aryl methyl sites for hydroxylation is 1. The Kier molecular flexibility index (Phi) is 5.04. The smallest absolute Gasteiger partial charge is 0.264 e. The van der Waals surface area contributed by atoms with E-state index in [0.29, 0.717) is 24.3 Å². The second-order valence-electron chi connectivity index (χ2n) is 7.98. The lowest BCUT2D eigenvalue weighted by atomic mass is 9.86. The van der Waals surface area contributed by atoms with Crippen LogP contribution >= 0.6 is 0 Å². The molecule has 6 heteroatoms. The van der Waals surface area contributed by atoms with Crippen molar-refractivity contribution >= 4 is 5.91 Å². The molecule has 2 heterocycles. The van der Waals surface area contributed by atoms with Crippen molar-refractivity contribution in [3.8, 4) is 0 Å². The summed E-state index contributed by atoms with van der Waals surface area (Å²) in [6.45, 7) is 1.68. The van der Waals surface area contributed by atoms with Crippen LogP contribution in [0.15, 0.2) is 35.1 Å². The summed E-state index contributed by atoms with van der Waals surface area (Å²) in [6, 6.07) is 8.80. The first-order valence-corrected chi connectivity index (χ1v) is 9.83. The lowest BCUT2D eigenvalue weighted by Gasteiger charge is -2.23. The van der Waals surface area contributed by atoms with E-state index in [1.807, 2.05) is 12.1 Å². The molecule has 1 aromatic carbocycles. The van der Waals surface area contributed by atoms with Crippen molar-refractivity contribution in [3.63, 3.8) is 0 Å². The average molecular weight is 386 g/mol. The van der Waals surface area contributed by atoms with Gasteiger partial charge in [0.05, 0.1) is 0 Å². The molecule has 2 aliphatic rings. The predicted molar refractivity (Wildman–Crippen MR) is 103 cm³/mol. The third kappa shape index (κ3) is 3.86. The monoisotopic (exact) mass is 386 g/mol. The van der Waals surface area contributed by atoms with Gasteiger partial charge in [0, 0.05) is 35.2 Å². The molecule has 0 radical (unpaired) electrons. The molecule has 4 nitrogen and oxygen atoms in total. The van der Waals surface area contributed by atoms with Crippen LogP contribution in [0.1, 0.15) is 78.3 Å². The zero-order valence-corrected chi connectivity index (χ0v) is 15.8. The largest absolute Gasteiger partial charge is 0.353 e. The van der Waals surface area contributed by atoms with Crippen LogP contribution in [0.4, 0.5) is 8.78 Å². The van der Waals surface area contributed by atoms with Crippen molar-refractivity contribution in [2.24, 2.45) is 0 Å². The first-order valence-electron chi connectivity index (χ1n) is 9.83.